The summed E-state index contributed by atoms with van der Waals surface area (Å²) in [7, 11) is -3.45. The number of oxime groups is 1. The van der Waals surface area contributed by atoms with E-state index in [1.165, 1.54) is 24.3 Å². The molecule has 0 bridgehead atoms. The van der Waals surface area contributed by atoms with E-state index in [0.717, 1.165) is 20.0 Å². The summed E-state index contributed by atoms with van der Waals surface area (Å²) in [6.45, 7) is 1.87. The Morgan fingerprint density at radius 1 is 1.09 bits per heavy atom. The summed E-state index contributed by atoms with van der Waals surface area (Å²) < 4.78 is 68.6. The molecule has 0 saturated carbocycles. The average molecular weight is 487 g/mol. The van der Waals surface area contributed by atoms with Crippen molar-refractivity contribution in [1.82, 2.24) is 0 Å². The molecule has 180 valence electrons. The Kier molecular flexibility index (Phi) is 8.69. The van der Waals surface area contributed by atoms with E-state index in [2.05, 4.69) is 14.2 Å². The predicted molar refractivity (Wildman–Crippen MR) is 113 cm³/mol. The SMILES string of the molecule is CCCCCOC(=O)C1=C/C(=N\OC)C(F)(F)C(OC(=O)c2ccccc2)=C1OS(C)(=O)=O. The number of carbonyl (C=O) groups excluding carboxylic acids is 2. The van der Waals surface area contributed by atoms with E-state index in [1.54, 1.807) is 6.07 Å². The third kappa shape index (κ3) is 6.85. The summed E-state index contributed by atoms with van der Waals surface area (Å²) in [6.07, 6.45) is 3.21. The van der Waals surface area contributed by atoms with Gasteiger partial charge in [-0.1, -0.05) is 43.1 Å². The Bertz CT molecular complexity index is 1080. The van der Waals surface area contributed by atoms with Gasteiger partial charge >= 0.3 is 28.0 Å². The van der Waals surface area contributed by atoms with E-state index in [0.29, 0.717) is 18.8 Å². The number of benzene rings is 1. The largest absolute Gasteiger partial charge is 0.462 e. The monoisotopic (exact) mass is 487 g/mol. The highest BCUT2D eigenvalue weighted by Gasteiger charge is 2.52. The molecule has 0 atom stereocenters. The molecule has 0 aliphatic heterocycles. The van der Waals surface area contributed by atoms with E-state index < -0.39 is 50.8 Å². The van der Waals surface area contributed by atoms with Crippen LogP contribution >= 0.6 is 0 Å². The topological polar surface area (TPSA) is 118 Å². The Morgan fingerprint density at radius 2 is 1.76 bits per heavy atom. The van der Waals surface area contributed by atoms with E-state index in [4.69, 9.17) is 9.47 Å². The molecule has 0 saturated heterocycles. The van der Waals surface area contributed by atoms with Gasteiger partial charge in [0.25, 0.3) is 0 Å². The van der Waals surface area contributed by atoms with Crippen molar-refractivity contribution in [3.63, 3.8) is 0 Å². The van der Waals surface area contributed by atoms with Crippen LogP contribution in [0.2, 0.25) is 0 Å². The second-order valence-corrected chi connectivity index (χ2v) is 8.41. The quantitative estimate of drug-likeness (QED) is 0.213. The van der Waals surface area contributed by atoms with Crippen LogP contribution in [0.1, 0.15) is 36.5 Å². The lowest BCUT2D eigenvalue weighted by Crippen LogP contribution is -2.38. The predicted octanol–water partition coefficient (Wildman–Crippen LogP) is 3.34. The Labute approximate surface area is 189 Å². The van der Waals surface area contributed by atoms with Crippen LogP contribution in [-0.2, 0) is 33.4 Å². The lowest BCUT2D eigenvalue weighted by atomic mass is 9.98. The summed E-state index contributed by atoms with van der Waals surface area (Å²) in [4.78, 5) is 29.6. The van der Waals surface area contributed by atoms with Gasteiger partial charge in [0.15, 0.2) is 5.71 Å². The molecule has 0 N–H and O–H groups in total. The van der Waals surface area contributed by atoms with E-state index in [-0.39, 0.29) is 12.2 Å². The number of nitrogens with zero attached hydrogens (tertiary/aromatic N) is 1. The fourth-order valence-corrected chi connectivity index (χ4v) is 3.14. The first kappa shape index (κ1) is 26.0. The molecule has 0 spiro atoms. The fraction of sp³-hybridized carbons (Fsp3) is 0.381. The maximum atomic E-state index is 15.2. The molecule has 2 rings (SSSR count). The number of carbonyl (C=O) groups is 2. The number of alkyl halides is 2. The number of unbranched alkanes of at least 4 members (excludes halogenated alkanes) is 2. The van der Waals surface area contributed by atoms with Gasteiger partial charge in [-0.05, 0) is 24.6 Å². The Balaban J connectivity index is 2.60. The van der Waals surface area contributed by atoms with Gasteiger partial charge in [-0.25, -0.2) is 9.59 Å². The average Bonchev–Trinajstić information content (AvgIpc) is 2.75. The van der Waals surface area contributed by atoms with Gasteiger partial charge in [-0.15, -0.1) is 0 Å². The van der Waals surface area contributed by atoms with Gasteiger partial charge in [0, 0.05) is 0 Å². The summed E-state index contributed by atoms with van der Waals surface area (Å²) in [5, 5.41) is 3.19. The third-order valence-corrected chi connectivity index (χ3v) is 4.64. The molecule has 0 amide bonds. The number of ether oxygens (including phenoxy) is 2. The molecule has 1 aromatic rings. The zero-order valence-electron chi connectivity index (χ0n) is 18.2. The van der Waals surface area contributed by atoms with Gasteiger partial charge in [0.2, 0.25) is 11.5 Å². The molecule has 9 nitrogen and oxygen atoms in total. The van der Waals surface area contributed by atoms with Crippen LogP contribution in [0.15, 0.2) is 58.7 Å². The molecule has 0 radical (unpaired) electrons. The normalized spacial score (nSPS) is 16.8. The van der Waals surface area contributed by atoms with Gasteiger partial charge < -0.3 is 18.5 Å². The minimum atomic E-state index is -4.43. The summed E-state index contributed by atoms with van der Waals surface area (Å²) >= 11 is 0. The van der Waals surface area contributed by atoms with Gasteiger partial charge in [-0.2, -0.15) is 17.2 Å². The number of hydrogen-bond acceptors (Lipinski definition) is 9. The minimum absolute atomic E-state index is 0.0531. The molecule has 0 unspecified atom stereocenters. The first-order chi connectivity index (χ1) is 15.5. The number of halogens is 2. The van der Waals surface area contributed by atoms with Crippen molar-refractivity contribution in [1.29, 1.82) is 0 Å². The lowest BCUT2D eigenvalue weighted by molar-refractivity contribution is -0.139. The molecule has 33 heavy (non-hydrogen) atoms. The third-order valence-electron chi connectivity index (χ3n) is 4.17. The Morgan fingerprint density at radius 3 is 2.33 bits per heavy atom. The molecular formula is C21H23F2NO8S. The summed E-state index contributed by atoms with van der Waals surface area (Å²) in [5.74, 6) is -9.32. The first-order valence-electron chi connectivity index (χ1n) is 9.81. The highest BCUT2D eigenvalue weighted by atomic mass is 32.2. The molecule has 0 fully saturated rings. The fourth-order valence-electron chi connectivity index (χ4n) is 2.67. The van der Waals surface area contributed by atoms with Crippen molar-refractivity contribution >= 4 is 27.8 Å². The summed E-state index contributed by atoms with van der Waals surface area (Å²) in [6, 6.07) is 7.11. The van der Waals surface area contributed by atoms with Crippen molar-refractivity contribution in [3.05, 3.63) is 59.1 Å². The Hall–Kier alpha value is -3.28. The molecule has 0 heterocycles. The van der Waals surface area contributed by atoms with Crippen molar-refractivity contribution < 1.29 is 45.3 Å². The van der Waals surface area contributed by atoms with Crippen LogP contribution in [0, 0.1) is 0 Å². The van der Waals surface area contributed by atoms with Crippen LogP contribution in [0.25, 0.3) is 0 Å². The van der Waals surface area contributed by atoms with Crippen molar-refractivity contribution in [2.24, 2.45) is 5.16 Å². The molecule has 12 heteroatoms. The number of esters is 2. The maximum Gasteiger partial charge on any atom is 0.353 e. The second kappa shape index (κ2) is 11.0. The smallest absolute Gasteiger partial charge is 0.353 e. The van der Waals surface area contributed by atoms with E-state index in [9.17, 15) is 18.0 Å². The first-order valence-corrected chi connectivity index (χ1v) is 11.6. The van der Waals surface area contributed by atoms with Crippen molar-refractivity contribution in [2.45, 2.75) is 32.1 Å². The molecular weight excluding hydrogens is 464 g/mol. The van der Waals surface area contributed by atoms with Crippen LogP contribution in [0.4, 0.5) is 8.78 Å². The maximum absolute atomic E-state index is 15.2. The van der Waals surface area contributed by atoms with E-state index >= 15 is 8.78 Å². The molecule has 1 aliphatic carbocycles. The van der Waals surface area contributed by atoms with Crippen LogP contribution < -0.4 is 0 Å². The van der Waals surface area contributed by atoms with Gasteiger partial charge in [0.1, 0.15) is 12.7 Å². The number of hydrogen-bond donors (Lipinski definition) is 0. The zero-order chi connectivity index (χ0) is 24.6. The number of rotatable bonds is 10. The van der Waals surface area contributed by atoms with Crippen molar-refractivity contribution in [3.8, 4) is 0 Å². The van der Waals surface area contributed by atoms with Crippen LogP contribution in [0.3, 0.4) is 0 Å². The van der Waals surface area contributed by atoms with Crippen LogP contribution in [0.5, 0.6) is 0 Å². The van der Waals surface area contributed by atoms with Crippen LogP contribution in [-0.4, -0.2) is 52.0 Å². The lowest BCUT2D eigenvalue weighted by Gasteiger charge is -2.26. The highest BCUT2D eigenvalue weighted by Crippen LogP contribution is 2.39. The zero-order valence-corrected chi connectivity index (χ0v) is 19.0. The second-order valence-electron chi connectivity index (χ2n) is 6.84. The molecule has 1 aromatic carbocycles. The van der Waals surface area contributed by atoms with E-state index in [1.807, 2.05) is 6.92 Å². The van der Waals surface area contributed by atoms with Gasteiger partial charge in [-0.3, -0.25) is 0 Å². The highest BCUT2D eigenvalue weighted by molar-refractivity contribution is 7.86. The molecule has 1 aliphatic rings. The molecule has 0 aromatic heterocycles. The number of allylic oxidation sites excluding steroid dienone is 2. The van der Waals surface area contributed by atoms with Crippen molar-refractivity contribution in [2.75, 3.05) is 20.0 Å². The van der Waals surface area contributed by atoms with Gasteiger partial charge in [0.05, 0.1) is 18.4 Å². The summed E-state index contributed by atoms with van der Waals surface area (Å²) in [5.41, 5.74) is -1.96. The standard InChI is InChI=1S/C21H23F2NO8S/c1-4-5-9-12-30-20(26)15-13-16(24-29-2)21(22,23)18(17(15)32-33(3,27)28)31-19(25)14-10-7-6-8-11-14/h6-8,10-11,13H,4-5,9,12H2,1-3H3/b24-16+. The minimum Gasteiger partial charge on any atom is -0.462 e.